The van der Waals surface area contributed by atoms with Gasteiger partial charge in [-0.15, -0.1) is 0 Å². The summed E-state index contributed by atoms with van der Waals surface area (Å²) in [7, 11) is 0. The Hall–Kier alpha value is -2.24. The van der Waals surface area contributed by atoms with E-state index in [1.165, 1.54) is 19.3 Å². The number of fused-ring (bicyclic) bond motifs is 1. The van der Waals surface area contributed by atoms with Crippen LogP contribution in [-0.2, 0) is 0 Å². The molecule has 0 radical (unpaired) electrons. The van der Waals surface area contributed by atoms with Gasteiger partial charge >= 0.3 is 0 Å². The van der Waals surface area contributed by atoms with Crippen molar-refractivity contribution >= 4 is 34.9 Å². The van der Waals surface area contributed by atoms with Crippen LogP contribution in [0, 0.1) is 0 Å². The third-order valence-electron chi connectivity index (χ3n) is 6.44. The molecule has 0 aromatic heterocycles. The normalized spacial score (nSPS) is 16.9. The maximum atomic E-state index is 13.0. The van der Waals surface area contributed by atoms with Crippen LogP contribution in [0.15, 0.2) is 36.4 Å². The first-order valence-electron chi connectivity index (χ1n) is 11.6. The molecule has 2 aliphatic heterocycles. The maximum absolute atomic E-state index is 13.0. The van der Waals surface area contributed by atoms with Crippen molar-refractivity contribution in [2.75, 3.05) is 19.7 Å². The summed E-state index contributed by atoms with van der Waals surface area (Å²) < 4.78 is 12.0. The number of amides is 1. The first-order chi connectivity index (χ1) is 15.9. The predicted octanol–water partition coefficient (Wildman–Crippen LogP) is 6.59. The van der Waals surface area contributed by atoms with Gasteiger partial charge in [-0.2, -0.15) is 0 Å². The Morgan fingerprint density at radius 2 is 1.82 bits per heavy atom. The molecule has 176 valence electrons. The number of hydrogen-bond acceptors (Lipinski definition) is 4. The van der Waals surface area contributed by atoms with E-state index in [0.29, 0.717) is 59.5 Å². The van der Waals surface area contributed by atoms with Gasteiger partial charge in [0.05, 0.1) is 23.6 Å². The number of halogens is 2. The molecule has 5 nitrogen and oxygen atoms in total. The number of piperidine rings is 1. The highest BCUT2D eigenvalue weighted by Crippen LogP contribution is 2.44. The van der Waals surface area contributed by atoms with Crippen molar-refractivity contribution in [3.63, 3.8) is 0 Å². The van der Waals surface area contributed by atoms with E-state index >= 15 is 0 Å². The number of ketones is 1. The van der Waals surface area contributed by atoms with E-state index in [9.17, 15) is 9.59 Å². The average Bonchev–Trinajstić information content (AvgIpc) is 2.80. The molecule has 2 heterocycles. The highest BCUT2D eigenvalue weighted by Gasteiger charge is 2.44. The number of unbranched alkanes of at least 4 members (excludes halogenated alkanes) is 3. The van der Waals surface area contributed by atoms with Crippen molar-refractivity contribution in [3.05, 3.63) is 57.6 Å². The number of hydrogen-bond donors (Lipinski definition) is 0. The van der Waals surface area contributed by atoms with Crippen molar-refractivity contribution in [2.45, 2.75) is 57.5 Å². The second-order valence-electron chi connectivity index (χ2n) is 8.88. The molecule has 0 N–H and O–H groups in total. The number of nitrogens with zero attached hydrogens (tertiary/aromatic N) is 1. The van der Waals surface area contributed by atoms with Crippen LogP contribution in [0.5, 0.6) is 11.5 Å². The van der Waals surface area contributed by atoms with E-state index in [1.54, 1.807) is 12.1 Å². The lowest BCUT2D eigenvalue weighted by Gasteiger charge is -2.44. The number of likely N-dealkylation sites (tertiary alicyclic amines) is 1. The predicted molar refractivity (Wildman–Crippen MR) is 130 cm³/mol. The molecule has 1 spiro atoms. The van der Waals surface area contributed by atoms with Crippen molar-refractivity contribution in [2.24, 2.45) is 0 Å². The Kier molecular flexibility index (Phi) is 7.50. The molecule has 0 saturated carbocycles. The minimum Gasteiger partial charge on any atom is -0.494 e. The van der Waals surface area contributed by atoms with Crippen molar-refractivity contribution in [1.29, 1.82) is 0 Å². The first kappa shape index (κ1) is 23.9. The second kappa shape index (κ2) is 10.4. The number of carbonyl (C=O) groups excluding carboxylic acids is 2. The zero-order valence-corrected chi connectivity index (χ0v) is 20.4. The van der Waals surface area contributed by atoms with Crippen LogP contribution in [0.25, 0.3) is 0 Å². The summed E-state index contributed by atoms with van der Waals surface area (Å²) >= 11 is 12.3. The van der Waals surface area contributed by atoms with Crippen LogP contribution in [-0.4, -0.2) is 41.9 Å². The first-order valence-corrected chi connectivity index (χ1v) is 12.4. The molecule has 0 unspecified atom stereocenters. The standard InChI is InChI=1S/C26H29Cl2NO4/c1-2-3-4-5-14-32-20-8-6-18(7-9-20)25(31)29-12-10-26(11-13-29)17-23(30)21-15-19(27)16-22(28)24(21)33-26/h6-9,15-16H,2-5,10-14,17H2,1H3. The monoisotopic (exact) mass is 489 g/mol. The van der Waals surface area contributed by atoms with Gasteiger partial charge < -0.3 is 14.4 Å². The molecular weight excluding hydrogens is 461 g/mol. The minimum absolute atomic E-state index is 0.0216. The fourth-order valence-electron chi connectivity index (χ4n) is 4.50. The Bertz CT molecular complexity index is 1010. The maximum Gasteiger partial charge on any atom is 0.253 e. The average molecular weight is 490 g/mol. The summed E-state index contributed by atoms with van der Waals surface area (Å²) in [5, 5.41) is 0.760. The number of carbonyl (C=O) groups is 2. The van der Waals surface area contributed by atoms with Crippen LogP contribution < -0.4 is 9.47 Å². The van der Waals surface area contributed by atoms with E-state index in [-0.39, 0.29) is 18.1 Å². The van der Waals surface area contributed by atoms with Gasteiger partial charge in [-0.25, -0.2) is 0 Å². The Morgan fingerprint density at radius 1 is 1.09 bits per heavy atom. The Balaban J connectivity index is 1.34. The smallest absolute Gasteiger partial charge is 0.253 e. The zero-order valence-electron chi connectivity index (χ0n) is 18.9. The molecule has 1 amide bonds. The van der Waals surface area contributed by atoms with Gasteiger partial charge in [-0.1, -0.05) is 49.4 Å². The molecule has 7 heteroatoms. The van der Waals surface area contributed by atoms with Gasteiger partial charge in [0.25, 0.3) is 5.91 Å². The molecule has 1 fully saturated rings. The van der Waals surface area contributed by atoms with Crippen LogP contribution >= 0.6 is 23.2 Å². The van der Waals surface area contributed by atoms with Crippen LogP contribution in [0.1, 0.15) is 72.6 Å². The summed E-state index contributed by atoms with van der Waals surface area (Å²) in [6.45, 7) is 3.91. The highest BCUT2D eigenvalue weighted by molar-refractivity contribution is 6.36. The fourth-order valence-corrected chi connectivity index (χ4v) is 5.03. The number of benzene rings is 2. The molecule has 4 rings (SSSR count). The van der Waals surface area contributed by atoms with Crippen LogP contribution in [0.4, 0.5) is 0 Å². The van der Waals surface area contributed by atoms with Gasteiger partial charge in [0, 0.05) is 36.5 Å². The van der Waals surface area contributed by atoms with Crippen molar-refractivity contribution < 1.29 is 19.1 Å². The Morgan fingerprint density at radius 3 is 2.52 bits per heavy atom. The Labute approximate surface area is 205 Å². The summed E-state index contributed by atoms with van der Waals surface area (Å²) in [4.78, 5) is 27.6. The second-order valence-corrected chi connectivity index (χ2v) is 9.72. The number of Topliss-reactive ketones (excluding diaryl/α,β-unsaturated/α-hetero) is 1. The number of ether oxygens (including phenoxy) is 2. The molecule has 33 heavy (non-hydrogen) atoms. The van der Waals surface area contributed by atoms with E-state index in [2.05, 4.69) is 6.92 Å². The lowest BCUT2D eigenvalue weighted by atomic mass is 9.82. The SMILES string of the molecule is CCCCCCOc1ccc(C(=O)N2CCC3(CC2)CC(=O)c2cc(Cl)cc(Cl)c2O3)cc1. The topological polar surface area (TPSA) is 55.8 Å². The van der Waals surface area contributed by atoms with E-state index in [1.807, 2.05) is 29.2 Å². The fraction of sp³-hybridized carbons (Fsp3) is 0.462. The van der Waals surface area contributed by atoms with Crippen LogP contribution in [0.3, 0.4) is 0 Å². The lowest BCUT2D eigenvalue weighted by Crippen LogP contribution is -2.52. The quantitative estimate of drug-likeness (QED) is 0.411. The van der Waals surface area contributed by atoms with Crippen LogP contribution in [0.2, 0.25) is 10.0 Å². The van der Waals surface area contributed by atoms with E-state index in [0.717, 1.165) is 12.2 Å². The van der Waals surface area contributed by atoms with Gasteiger partial charge in [0.15, 0.2) is 5.78 Å². The third-order valence-corrected chi connectivity index (χ3v) is 6.94. The summed E-state index contributed by atoms with van der Waals surface area (Å²) in [6.07, 6.45) is 6.04. The van der Waals surface area contributed by atoms with Crippen molar-refractivity contribution in [3.8, 4) is 11.5 Å². The third kappa shape index (κ3) is 5.47. The number of rotatable bonds is 7. The summed E-state index contributed by atoms with van der Waals surface area (Å²) in [5.74, 6) is 1.14. The molecule has 0 atom stereocenters. The van der Waals surface area contributed by atoms with E-state index < -0.39 is 5.60 Å². The van der Waals surface area contributed by atoms with Gasteiger partial charge in [-0.05, 0) is 42.8 Å². The summed E-state index contributed by atoms with van der Waals surface area (Å²) in [6, 6.07) is 10.5. The molecule has 2 aromatic rings. The minimum atomic E-state index is -0.631. The van der Waals surface area contributed by atoms with Gasteiger partial charge in [0.2, 0.25) is 0 Å². The van der Waals surface area contributed by atoms with E-state index in [4.69, 9.17) is 32.7 Å². The summed E-state index contributed by atoms with van der Waals surface area (Å²) in [5.41, 5.74) is 0.436. The van der Waals surface area contributed by atoms with Crippen molar-refractivity contribution in [1.82, 2.24) is 4.90 Å². The molecule has 2 aromatic carbocycles. The molecule has 2 aliphatic rings. The molecule has 0 aliphatic carbocycles. The van der Waals surface area contributed by atoms with Gasteiger partial charge in [-0.3, -0.25) is 9.59 Å². The molecule has 0 bridgehead atoms. The highest BCUT2D eigenvalue weighted by atomic mass is 35.5. The lowest BCUT2D eigenvalue weighted by molar-refractivity contribution is -0.00565. The van der Waals surface area contributed by atoms with Gasteiger partial charge in [0.1, 0.15) is 17.1 Å². The largest absolute Gasteiger partial charge is 0.494 e. The zero-order chi connectivity index (χ0) is 23.4. The molecule has 1 saturated heterocycles. The molecular formula is C26H29Cl2NO4.